The fourth-order valence-electron chi connectivity index (χ4n) is 0.712. The summed E-state index contributed by atoms with van der Waals surface area (Å²) < 4.78 is 12.9. The van der Waals surface area contributed by atoms with Gasteiger partial charge < -0.3 is 5.11 Å². The van der Waals surface area contributed by atoms with Crippen molar-refractivity contribution >= 4 is 17.7 Å². The average molecular weight is 188 g/mol. The Bertz CT molecular complexity index is 301. The van der Waals surface area contributed by atoms with Gasteiger partial charge >= 0.3 is 0 Å². The van der Waals surface area contributed by atoms with Gasteiger partial charge in [-0.15, -0.1) is 0 Å². The predicted octanol–water partition coefficient (Wildman–Crippen LogP) is 1.88. The number of pyridine rings is 1. The first-order valence-corrected chi connectivity index (χ1v) is 3.70. The Kier molecular flexibility index (Phi) is 3.19. The van der Waals surface area contributed by atoms with Crippen LogP contribution in [0.4, 0.5) is 4.39 Å². The van der Waals surface area contributed by atoms with E-state index >= 15 is 0 Å². The topological polar surface area (TPSA) is 33.1 Å². The number of rotatable bonds is 2. The molecule has 0 aliphatic carbocycles. The third-order valence-electron chi connectivity index (χ3n) is 1.22. The molecule has 1 N–H and O–H groups in total. The van der Waals surface area contributed by atoms with E-state index in [1.165, 1.54) is 24.4 Å². The highest BCUT2D eigenvalue weighted by Crippen LogP contribution is 2.12. The fourth-order valence-corrected chi connectivity index (χ4v) is 0.857. The SMILES string of the molecule is OCC=Cc1ncc(Cl)cc1F. The molecule has 0 aliphatic heterocycles. The van der Waals surface area contributed by atoms with Crippen molar-refractivity contribution in [2.45, 2.75) is 0 Å². The van der Waals surface area contributed by atoms with Crippen LogP contribution in [0.25, 0.3) is 6.08 Å². The third kappa shape index (κ3) is 2.29. The molecule has 0 radical (unpaired) electrons. The van der Waals surface area contributed by atoms with Gasteiger partial charge in [-0.25, -0.2) is 4.39 Å². The van der Waals surface area contributed by atoms with E-state index in [0.717, 1.165) is 0 Å². The molecule has 0 fully saturated rings. The molecule has 0 atom stereocenters. The highest BCUT2D eigenvalue weighted by Gasteiger charge is 1.99. The number of aliphatic hydroxyl groups excluding tert-OH is 1. The lowest BCUT2D eigenvalue weighted by Crippen LogP contribution is -1.87. The van der Waals surface area contributed by atoms with Crippen LogP contribution in [0.3, 0.4) is 0 Å². The Labute approximate surface area is 74.3 Å². The maximum atomic E-state index is 12.9. The van der Waals surface area contributed by atoms with Gasteiger partial charge in [-0.05, 0) is 12.1 Å². The van der Waals surface area contributed by atoms with E-state index in [0.29, 0.717) is 0 Å². The predicted molar refractivity (Wildman–Crippen MR) is 45.3 cm³/mol. The lowest BCUT2D eigenvalue weighted by molar-refractivity contribution is 0.343. The Morgan fingerprint density at radius 1 is 1.67 bits per heavy atom. The van der Waals surface area contributed by atoms with E-state index in [4.69, 9.17) is 16.7 Å². The summed E-state index contributed by atoms with van der Waals surface area (Å²) in [6, 6.07) is 1.17. The van der Waals surface area contributed by atoms with Gasteiger partial charge in [-0.3, -0.25) is 4.98 Å². The Morgan fingerprint density at radius 2 is 2.42 bits per heavy atom. The van der Waals surface area contributed by atoms with E-state index in [-0.39, 0.29) is 17.3 Å². The number of nitrogens with zero attached hydrogens (tertiary/aromatic N) is 1. The van der Waals surface area contributed by atoms with Crippen LogP contribution in [0.1, 0.15) is 5.69 Å². The lowest BCUT2D eigenvalue weighted by Gasteiger charge is -1.95. The quantitative estimate of drug-likeness (QED) is 0.767. The maximum absolute atomic E-state index is 12.9. The number of halogens is 2. The standard InChI is InChI=1S/C8H7ClFNO/c9-6-4-7(10)8(11-5-6)2-1-3-12/h1-2,4-5,12H,3H2. The van der Waals surface area contributed by atoms with Crippen LogP contribution in [0, 0.1) is 5.82 Å². The smallest absolute Gasteiger partial charge is 0.150 e. The molecule has 0 spiro atoms. The van der Waals surface area contributed by atoms with Gasteiger partial charge in [0, 0.05) is 6.20 Å². The molecule has 4 heteroatoms. The average Bonchev–Trinajstić information content (AvgIpc) is 2.03. The van der Waals surface area contributed by atoms with Crippen LogP contribution in [0.5, 0.6) is 0 Å². The van der Waals surface area contributed by atoms with E-state index in [1.54, 1.807) is 0 Å². The molecule has 0 aromatic carbocycles. The molecule has 2 nitrogen and oxygen atoms in total. The Morgan fingerprint density at radius 3 is 3.00 bits per heavy atom. The largest absolute Gasteiger partial charge is 0.392 e. The first kappa shape index (κ1) is 9.16. The van der Waals surface area contributed by atoms with Crippen molar-refractivity contribution in [2.75, 3.05) is 6.61 Å². The highest BCUT2D eigenvalue weighted by atomic mass is 35.5. The van der Waals surface area contributed by atoms with Crippen LogP contribution in [-0.2, 0) is 0 Å². The zero-order valence-electron chi connectivity index (χ0n) is 6.17. The Hall–Kier alpha value is -0.930. The van der Waals surface area contributed by atoms with Crippen molar-refractivity contribution in [2.24, 2.45) is 0 Å². The zero-order chi connectivity index (χ0) is 8.97. The minimum Gasteiger partial charge on any atom is -0.392 e. The number of aromatic nitrogens is 1. The first-order valence-electron chi connectivity index (χ1n) is 3.32. The van der Waals surface area contributed by atoms with Crippen LogP contribution in [0.15, 0.2) is 18.3 Å². The van der Waals surface area contributed by atoms with Crippen LogP contribution in [-0.4, -0.2) is 16.7 Å². The van der Waals surface area contributed by atoms with Gasteiger partial charge in [0.15, 0.2) is 0 Å². The monoisotopic (exact) mass is 187 g/mol. The van der Waals surface area contributed by atoms with Crippen molar-refractivity contribution in [3.63, 3.8) is 0 Å². The highest BCUT2D eigenvalue weighted by molar-refractivity contribution is 6.30. The van der Waals surface area contributed by atoms with Crippen molar-refractivity contribution in [3.05, 3.63) is 34.9 Å². The number of hydrogen-bond acceptors (Lipinski definition) is 2. The maximum Gasteiger partial charge on any atom is 0.150 e. The fraction of sp³-hybridized carbons (Fsp3) is 0.125. The van der Waals surface area contributed by atoms with Crippen molar-refractivity contribution in [3.8, 4) is 0 Å². The zero-order valence-corrected chi connectivity index (χ0v) is 6.92. The summed E-state index contributed by atoms with van der Waals surface area (Å²) in [4.78, 5) is 3.71. The second-order valence-electron chi connectivity index (χ2n) is 2.11. The molecule has 64 valence electrons. The van der Waals surface area contributed by atoms with Crippen LogP contribution < -0.4 is 0 Å². The van der Waals surface area contributed by atoms with E-state index < -0.39 is 5.82 Å². The third-order valence-corrected chi connectivity index (χ3v) is 1.42. The van der Waals surface area contributed by atoms with E-state index in [9.17, 15) is 4.39 Å². The van der Waals surface area contributed by atoms with Gasteiger partial charge in [-0.2, -0.15) is 0 Å². The molecular weight excluding hydrogens is 181 g/mol. The minimum atomic E-state index is -0.493. The van der Waals surface area contributed by atoms with Gasteiger partial charge in [0.1, 0.15) is 5.82 Å². The van der Waals surface area contributed by atoms with Gasteiger partial charge in [-0.1, -0.05) is 17.7 Å². The summed E-state index contributed by atoms with van der Waals surface area (Å²) in [7, 11) is 0. The summed E-state index contributed by atoms with van der Waals surface area (Å²) in [5.74, 6) is -0.493. The number of aliphatic hydroxyl groups is 1. The second-order valence-corrected chi connectivity index (χ2v) is 2.54. The molecule has 12 heavy (non-hydrogen) atoms. The summed E-state index contributed by atoms with van der Waals surface area (Å²) in [6.07, 6.45) is 4.15. The lowest BCUT2D eigenvalue weighted by atomic mass is 10.3. The number of hydrogen-bond donors (Lipinski definition) is 1. The first-order chi connectivity index (χ1) is 5.74. The van der Waals surface area contributed by atoms with Crippen molar-refractivity contribution in [1.82, 2.24) is 4.98 Å². The molecule has 1 rings (SSSR count). The molecular formula is C8H7ClFNO. The van der Waals surface area contributed by atoms with Crippen LogP contribution in [0.2, 0.25) is 5.02 Å². The minimum absolute atomic E-state index is 0.135. The summed E-state index contributed by atoms with van der Waals surface area (Å²) in [5, 5.41) is 8.67. The van der Waals surface area contributed by atoms with Crippen molar-refractivity contribution < 1.29 is 9.50 Å². The molecule has 0 unspecified atom stereocenters. The molecule has 0 aliphatic rings. The van der Waals surface area contributed by atoms with Crippen molar-refractivity contribution in [1.29, 1.82) is 0 Å². The normalized spacial score (nSPS) is 10.9. The molecule has 1 aromatic rings. The second kappa shape index (κ2) is 4.18. The van der Waals surface area contributed by atoms with Gasteiger partial charge in [0.2, 0.25) is 0 Å². The molecule has 0 saturated carbocycles. The Balaban J connectivity index is 2.94. The molecule has 1 aromatic heterocycles. The summed E-state index contributed by atoms with van der Waals surface area (Å²) >= 11 is 5.48. The molecule has 0 amide bonds. The van der Waals surface area contributed by atoms with E-state index in [2.05, 4.69) is 4.98 Å². The molecule has 0 bridgehead atoms. The van der Waals surface area contributed by atoms with E-state index in [1.807, 2.05) is 0 Å². The van der Waals surface area contributed by atoms with Crippen LogP contribution >= 0.6 is 11.6 Å². The molecule has 1 heterocycles. The van der Waals surface area contributed by atoms with Gasteiger partial charge in [0.25, 0.3) is 0 Å². The van der Waals surface area contributed by atoms with Gasteiger partial charge in [0.05, 0.1) is 17.3 Å². The molecule has 0 saturated heterocycles. The summed E-state index contributed by atoms with van der Waals surface area (Å²) in [5.41, 5.74) is 0.174. The summed E-state index contributed by atoms with van der Waals surface area (Å²) in [6.45, 7) is -0.135.